The van der Waals surface area contributed by atoms with Crippen LogP contribution in [0.2, 0.25) is 0 Å². The minimum atomic E-state index is -1.22. The summed E-state index contributed by atoms with van der Waals surface area (Å²) in [6, 6.07) is 0. The first-order valence-corrected chi connectivity index (χ1v) is 5.03. The summed E-state index contributed by atoms with van der Waals surface area (Å²) in [6.45, 7) is 0. The zero-order valence-electron chi connectivity index (χ0n) is 7.70. The van der Waals surface area contributed by atoms with Crippen LogP contribution >= 0.6 is 11.8 Å². The van der Waals surface area contributed by atoms with E-state index in [1.165, 1.54) is 4.90 Å². The van der Waals surface area contributed by atoms with Crippen molar-refractivity contribution in [3.05, 3.63) is 0 Å². The van der Waals surface area contributed by atoms with Crippen molar-refractivity contribution in [2.45, 2.75) is 12.1 Å². The number of aliphatic carboxylic acids is 1. The summed E-state index contributed by atoms with van der Waals surface area (Å²) < 4.78 is 0. The summed E-state index contributed by atoms with van der Waals surface area (Å²) in [5, 5.41) is 8.85. The standard InChI is InChI=1S/C7H16N2O2S/c1-9(2)7(8,6(10)11)4-5-12-3/h4-5,8H2,1-3H3,(H,10,11). The second kappa shape index (κ2) is 4.69. The van der Waals surface area contributed by atoms with Gasteiger partial charge in [0.15, 0.2) is 5.66 Å². The molecule has 12 heavy (non-hydrogen) atoms. The maximum atomic E-state index is 10.8. The molecule has 0 rings (SSSR count). The van der Waals surface area contributed by atoms with Gasteiger partial charge in [-0.25, -0.2) is 4.79 Å². The van der Waals surface area contributed by atoms with Gasteiger partial charge in [-0.3, -0.25) is 4.90 Å². The maximum Gasteiger partial charge on any atom is 0.338 e. The third kappa shape index (κ3) is 2.66. The van der Waals surface area contributed by atoms with Crippen LogP contribution in [0.1, 0.15) is 6.42 Å². The summed E-state index contributed by atoms with van der Waals surface area (Å²) in [5.74, 6) is -0.220. The highest BCUT2D eigenvalue weighted by Gasteiger charge is 2.35. The topological polar surface area (TPSA) is 66.6 Å². The van der Waals surface area contributed by atoms with E-state index in [-0.39, 0.29) is 0 Å². The molecule has 0 aliphatic rings. The lowest BCUT2D eigenvalue weighted by Crippen LogP contribution is -2.59. The van der Waals surface area contributed by atoms with Gasteiger partial charge in [0.05, 0.1) is 0 Å². The van der Waals surface area contributed by atoms with E-state index >= 15 is 0 Å². The Kier molecular flexibility index (Phi) is 4.59. The lowest BCUT2D eigenvalue weighted by Gasteiger charge is -2.31. The van der Waals surface area contributed by atoms with Crippen molar-refractivity contribution < 1.29 is 9.90 Å². The third-order valence-electron chi connectivity index (χ3n) is 1.86. The van der Waals surface area contributed by atoms with Gasteiger partial charge < -0.3 is 10.8 Å². The predicted molar refractivity (Wildman–Crippen MR) is 51.2 cm³/mol. The van der Waals surface area contributed by atoms with Crippen molar-refractivity contribution in [1.29, 1.82) is 0 Å². The fraction of sp³-hybridized carbons (Fsp3) is 0.857. The summed E-state index contributed by atoms with van der Waals surface area (Å²) in [5.41, 5.74) is 4.46. The largest absolute Gasteiger partial charge is 0.479 e. The molecule has 0 saturated carbocycles. The van der Waals surface area contributed by atoms with Crippen molar-refractivity contribution in [2.24, 2.45) is 5.73 Å². The minimum absolute atomic E-state index is 0.455. The Morgan fingerprint density at radius 3 is 2.42 bits per heavy atom. The van der Waals surface area contributed by atoms with Crippen LogP contribution in [0.25, 0.3) is 0 Å². The van der Waals surface area contributed by atoms with Gasteiger partial charge in [0.2, 0.25) is 0 Å². The molecule has 0 saturated heterocycles. The first-order chi connectivity index (χ1) is 5.45. The highest BCUT2D eigenvalue weighted by molar-refractivity contribution is 7.98. The monoisotopic (exact) mass is 192 g/mol. The van der Waals surface area contributed by atoms with Crippen LogP contribution in [-0.4, -0.2) is 47.7 Å². The Morgan fingerprint density at radius 1 is 1.67 bits per heavy atom. The predicted octanol–water partition coefficient (Wildman–Crippen LogP) is 0.0407. The number of likely N-dealkylation sites (N-methyl/N-ethyl adjacent to an activating group) is 1. The van der Waals surface area contributed by atoms with Crippen molar-refractivity contribution in [1.82, 2.24) is 4.90 Å². The molecule has 0 spiro atoms. The van der Waals surface area contributed by atoms with Gasteiger partial charge in [0.25, 0.3) is 0 Å². The summed E-state index contributed by atoms with van der Waals surface area (Å²) in [6.07, 6.45) is 2.38. The first-order valence-electron chi connectivity index (χ1n) is 3.63. The molecule has 72 valence electrons. The van der Waals surface area contributed by atoms with Gasteiger partial charge in [0, 0.05) is 0 Å². The van der Waals surface area contributed by atoms with Crippen LogP contribution in [0.15, 0.2) is 0 Å². The molecule has 0 aliphatic carbocycles. The Balaban J connectivity index is 4.29. The number of hydrogen-bond donors (Lipinski definition) is 2. The average molecular weight is 192 g/mol. The van der Waals surface area contributed by atoms with Gasteiger partial charge in [-0.1, -0.05) is 0 Å². The normalized spacial score (nSPS) is 16.1. The average Bonchev–Trinajstić information content (AvgIpc) is 1.99. The molecule has 1 atom stereocenters. The van der Waals surface area contributed by atoms with E-state index in [9.17, 15) is 4.79 Å². The number of rotatable bonds is 5. The number of nitrogens with two attached hydrogens (primary N) is 1. The van der Waals surface area contributed by atoms with E-state index in [1.54, 1.807) is 25.9 Å². The highest BCUT2D eigenvalue weighted by Crippen LogP contribution is 2.13. The molecule has 1 unspecified atom stereocenters. The summed E-state index contributed by atoms with van der Waals surface area (Å²) in [4.78, 5) is 12.3. The molecule has 0 aliphatic heterocycles. The van der Waals surface area contributed by atoms with Crippen molar-refractivity contribution in [3.63, 3.8) is 0 Å². The van der Waals surface area contributed by atoms with Crippen LogP contribution in [-0.2, 0) is 4.79 Å². The fourth-order valence-corrected chi connectivity index (χ4v) is 1.29. The molecule has 0 heterocycles. The van der Waals surface area contributed by atoms with Crippen LogP contribution in [0.5, 0.6) is 0 Å². The zero-order valence-corrected chi connectivity index (χ0v) is 8.52. The summed E-state index contributed by atoms with van der Waals surface area (Å²) >= 11 is 1.59. The lowest BCUT2D eigenvalue weighted by molar-refractivity contribution is -0.149. The maximum absolute atomic E-state index is 10.8. The molecular formula is C7H16N2O2S. The molecule has 0 bridgehead atoms. The van der Waals surface area contributed by atoms with Crippen LogP contribution in [0.3, 0.4) is 0 Å². The Bertz CT molecular complexity index is 163. The quantitative estimate of drug-likeness (QED) is 0.602. The molecular weight excluding hydrogens is 176 g/mol. The highest BCUT2D eigenvalue weighted by atomic mass is 32.2. The SMILES string of the molecule is CSCCC(N)(C(=O)O)N(C)C. The van der Waals surface area contributed by atoms with Gasteiger partial charge in [-0.05, 0) is 32.5 Å². The molecule has 0 aromatic heterocycles. The molecule has 0 fully saturated rings. The number of carboxylic acid groups (broad SMARTS) is 1. The van der Waals surface area contributed by atoms with E-state index < -0.39 is 11.6 Å². The van der Waals surface area contributed by atoms with Gasteiger partial charge >= 0.3 is 5.97 Å². The van der Waals surface area contributed by atoms with Gasteiger partial charge in [-0.2, -0.15) is 11.8 Å². The van der Waals surface area contributed by atoms with Gasteiger partial charge in [-0.15, -0.1) is 0 Å². The van der Waals surface area contributed by atoms with E-state index in [4.69, 9.17) is 10.8 Å². The molecule has 4 nitrogen and oxygen atoms in total. The Hall–Kier alpha value is -0.260. The number of hydrogen-bond acceptors (Lipinski definition) is 4. The number of carboxylic acids is 1. The number of thioether (sulfide) groups is 1. The molecule has 0 radical (unpaired) electrons. The third-order valence-corrected chi connectivity index (χ3v) is 2.47. The van der Waals surface area contributed by atoms with Crippen molar-refractivity contribution in [2.75, 3.05) is 26.1 Å². The second-order valence-corrected chi connectivity index (χ2v) is 3.85. The smallest absolute Gasteiger partial charge is 0.338 e. The molecule has 0 aromatic carbocycles. The first kappa shape index (κ1) is 11.7. The van der Waals surface area contributed by atoms with E-state index in [0.717, 1.165) is 5.75 Å². The lowest BCUT2D eigenvalue weighted by atomic mass is 10.1. The Labute approximate surface area is 77.1 Å². The van der Waals surface area contributed by atoms with E-state index in [0.29, 0.717) is 6.42 Å². The van der Waals surface area contributed by atoms with E-state index in [2.05, 4.69) is 0 Å². The van der Waals surface area contributed by atoms with Gasteiger partial charge in [0.1, 0.15) is 0 Å². The fourth-order valence-electron chi connectivity index (χ4n) is 0.779. The molecule has 3 N–H and O–H groups in total. The van der Waals surface area contributed by atoms with Crippen LogP contribution in [0, 0.1) is 0 Å². The number of carbonyl (C=O) groups is 1. The zero-order chi connectivity index (χ0) is 9.78. The Morgan fingerprint density at radius 2 is 2.17 bits per heavy atom. The van der Waals surface area contributed by atoms with Crippen LogP contribution in [0.4, 0.5) is 0 Å². The van der Waals surface area contributed by atoms with Crippen molar-refractivity contribution in [3.8, 4) is 0 Å². The summed E-state index contributed by atoms with van der Waals surface area (Å²) in [7, 11) is 3.35. The molecule has 0 aromatic rings. The van der Waals surface area contributed by atoms with Crippen LogP contribution < -0.4 is 5.73 Å². The van der Waals surface area contributed by atoms with Crippen molar-refractivity contribution >= 4 is 17.7 Å². The minimum Gasteiger partial charge on any atom is -0.479 e. The molecule has 0 amide bonds. The second-order valence-electron chi connectivity index (χ2n) is 2.87. The van der Waals surface area contributed by atoms with E-state index in [1.807, 2.05) is 6.26 Å². The number of nitrogens with zero attached hydrogens (tertiary/aromatic N) is 1. The molecule has 5 heteroatoms.